The van der Waals surface area contributed by atoms with Crippen molar-refractivity contribution in [3.8, 4) is 0 Å². The van der Waals surface area contributed by atoms with E-state index in [2.05, 4.69) is 5.29 Å². The second-order valence-electron chi connectivity index (χ2n) is 2.18. The minimum Gasteiger partial charge on any atom is -0.739 e. The molecule has 0 spiro atoms. The van der Waals surface area contributed by atoms with Crippen LogP contribution in [-0.2, 0) is 6.54 Å². The number of nitrogens with zero attached hydrogens (tertiary/aromatic N) is 2. The van der Waals surface area contributed by atoms with Gasteiger partial charge in [0.05, 0.1) is 6.54 Å². The Bertz CT molecular complexity index is 280. The highest BCUT2D eigenvalue weighted by molar-refractivity contribution is 5.16. The van der Waals surface area contributed by atoms with Crippen LogP contribution in [0.15, 0.2) is 29.6 Å². The van der Waals surface area contributed by atoms with Crippen LogP contribution in [0.25, 0.3) is 0 Å². The molecule has 0 aromatic heterocycles. The number of nitroso groups, excluding NO2 is 1. The minimum atomic E-state index is -0.512. The molecule has 64 valence electrons. The standard InChI is InChI=1S/C7H6FN2O2/c8-7-4-2-1-3-6(7)5-10(12)9-11/h1-4H,5H2/q-1. The molecule has 12 heavy (non-hydrogen) atoms. The van der Waals surface area contributed by atoms with Gasteiger partial charge in [-0.3, -0.25) is 0 Å². The Balaban J connectivity index is 2.75. The van der Waals surface area contributed by atoms with E-state index in [0.717, 1.165) is 0 Å². The van der Waals surface area contributed by atoms with Crippen LogP contribution < -0.4 is 0 Å². The molecule has 4 nitrogen and oxygen atoms in total. The zero-order valence-electron chi connectivity index (χ0n) is 6.11. The van der Waals surface area contributed by atoms with Gasteiger partial charge in [0, 0.05) is 10.8 Å². The maximum Gasteiger partial charge on any atom is 0.128 e. The van der Waals surface area contributed by atoms with Crippen LogP contribution in [0.3, 0.4) is 0 Å². The lowest BCUT2D eigenvalue weighted by atomic mass is 10.2. The largest absolute Gasteiger partial charge is 0.739 e. The van der Waals surface area contributed by atoms with Gasteiger partial charge in [-0.05, 0) is 6.07 Å². The van der Waals surface area contributed by atoms with Crippen molar-refractivity contribution in [3.05, 3.63) is 45.8 Å². The third kappa shape index (κ3) is 2.00. The zero-order chi connectivity index (χ0) is 8.97. The Morgan fingerprint density at radius 1 is 1.50 bits per heavy atom. The summed E-state index contributed by atoms with van der Waals surface area (Å²) in [6.07, 6.45) is 0. The first-order valence-corrected chi connectivity index (χ1v) is 3.25. The number of hydrogen-bond acceptors (Lipinski definition) is 3. The topological polar surface area (TPSA) is 55.7 Å². The summed E-state index contributed by atoms with van der Waals surface area (Å²) >= 11 is 0. The van der Waals surface area contributed by atoms with E-state index in [4.69, 9.17) is 0 Å². The molecule has 0 heterocycles. The molecule has 1 aromatic rings. The van der Waals surface area contributed by atoms with Crippen LogP contribution in [-0.4, -0.2) is 5.17 Å². The van der Waals surface area contributed by atoms with E-state index >= 15 is 0 Å². The Morgan fingerprint density at radius 3 is 2.75 bits per heavy atom. The Hall–Kier alpha value is -1.49. The second kappa shape index (κ2) is 3.77. The lowest BCUT2D eigenvalue weighted by Crippen LogP contribution is -2.07. The van der Waals surface area contributed by atoms with Gasteiger partial charge < -0.3 is 10.4 Å². The van der Waals surface area contributed by atoms with E-state index in [1.165, 1.54) is 18.2 Å². The summed E-state index contributed by atoms with van der Waals surface area (Å²) in [5.41, 5.74) is 0.159. The van der Waals surface area contributed by atoms with Crippen molar-refractivity contribution in [2.75, 3.05) is 0 Å². The fourth-order valence-corrected chi connectivity index (χ4v) is 0.801. The number of hydroxylamine groups is 1. The Labute approximate surface area is 68.1 Å². The van der Waals surface area contributed by atoms with Gasteiger partial charge in [-0.2, -0.15) is 0 Å². The molecule has 0 unspecified atom stereocenters. The fourth-order valence-electron chi connectivity index (χ4n) is 0.801. The van der Waals surface area contributed by atoms with Crippen LogP contribution in [0.4, 0.5) is 4.39 Å². The quantitative estimate of drug-likeness (QED) is 0.512. The average molecular weight is 169 g/mol. The normalized spacial score (nSPS) is 9.50. The molecule has 0 aliphatic heterocycles. The second-order valence-corrected chi connectivity index (χ2v) is 2.18. The van der Waals surface area contributed by atoms with Gasteiger partial charge in [-0.25, -0.2) is 4.39 Å². The fraction of sp³-hybridized carbons (Fsp3) is 0.143. The predicted molar refractivity (Wildman–Crippen MR) is 41.1 cm³/mol. The summed E-state index contributed by atoms with van der Waals surface area (Å²) in [4.78, 5) is 9.66. The van der Waals surface area contributed by atoms with E-state index in [-0.39, 0.29) is 17.3 Å². The first-order chi connectivity index (χ1) is 5.74. The van der Waals surface area contributed by atoms with E-state index in [0.29, 0.717) is 0 Å². The van der Waals surface area contributed by atoms with Gasteiger partial charge in [0.2, 0.25) is 0 Å². The van der Waals surface area contributed by atoms with Gasteiger partial charge in [-0.1, -0.05) is 18.2 Å². The van der Waals surface area contributed by atoms with Gasteiger partial charge in [0.1, 0.15) is 5.82 Å². The lowest BCUT2D eigenvalue weighted by molar-refractivity contribution is 0.380. The van der Waals surface area contributed by atoms with Crippen molar-refractivity contribution >= 4 is 0 Å². The Kier molecular flexibility index (Phi) is 2.71. The van der Waals surface area contributed by atoms with Crippen molar-refractivity contribution in [2.24, 2.45) is 5.29 Å². The lowest BCUT2D eigenvalue weighted by Gasteiger charge is -2.19. The van der Waals surface area contributed by atoms with Gasteiger partial charge in [0.15, 0.2) is 0 Å². The zero-order valence-corrected chi connectivity index (χ0v) is 6.11. The highest BCUT2D eigenvalue weighted by Gasteiger charge is 1.99. The molecule has 0 N–H and O–H groups in total. The van der Waals surface area contributed by atoms with Gasteiger partial charge in [0.25, 0.3) is 0 Å². The van der Waals surface area contributed by atoms with E-state index < -0.39 is 5.82 Å². The first-order valence-electron chi connectivity index (χ1n) is 3.25. The predicted octanol–water partition coefficient (Wildman–Crippen LogP) is 1.81. The number of hydrogen-bond donors (Lipinski definition) is 0. The summed E-state index contributed by atoms with van der Waals surface area (Å²) in [5, 5.41) is 12.4. The van der Waals surface area contributed by atoms with E-state index in [1.54, 1.807) is 6.07 Å². The van der Waals surface area contributed by atoms with Crippen molar-refractivity contribution in [2.45, 2.75) is 6.54 Å². The molecule has 0 radical (unpaired) electrons. The minimum absolute atomic E-state index is 0.113. The number of rotatable bonds is 3. The molecule has 0 saturated heterocycles. The summed E-state index contributed by atoms with van der Waals surface area (Å²) in [6, 6.07) is 5.72. The van der Waals surface area contributed by atoms with Crippen LogP contribution >= 0.6 is 0 Å². The Morgan fingerprint density at radius 2 is 2.17 bits per heavy atom. The monoisotopic (exact) mass is 169 g/mol. The van der Waals surface area contributed by atoms with Crippen LogP contribution in [0, 0.1) is 15.9 Å². The van der Waals surface area contributed by atoms with E-state index in [9.17, 15) is 14.5 Å². The highest BCUT2D eigenvalue weighted by atomic mass is 19.1. The van der Waals surface area contributed by atoms with Gasteiger partial charge in [-0.15, -0.1) is 4.91 Å². The molecule has 1 aromatic carbocycles. The summed E-state index contributed by atoms with van der Waals surface area (Å²) in [6.45, 7) is -0.351. The van der Waals surface area contributed by atoms with Gasteiger partial charge >= 0.3 is 0 Å². The molecule has 0 amide bonds. The molecule has 1 rings (SSSR count). The van der Waals surface area contributed by atoms with Crippen molar-refractivity contribution in [1.29, 1.82) is 0 Å². The maximum absolute atomic E-state index is 12.8. The SMILES string of the molecule is O=NN([O-])Cc1ccccc1F. The first kappa shape index (κ1) is 8.61. The molecule has 0 saturated carbocycles. The van der Waals surface area contributed by atoms with Crippen LogP contribution in [0.2, 0.25) is 0 Å². The molecule has 0 bridgehead atoms. The average Bonchev–Trinajstić information content (AvgIpc) is 2.09. The van der Waals surface area contributed by atoms with Crippen LogP contribution in [0.5, 0.6) is 0 Å². The molecule has 0 aliphatic carbocycles. The third-order valence-electron chi connectivity index (χ3n) is 1.35. The summed E-state index contributed by atoms with van der Waals surface area (Å²) < 4.78 is 12.8. The third-order valence-corrected chi connectivity index (χ3v) is 1.35. The van der Waals surface area contributed by atoms with Crippen molar-refractivity contribution < 1.29 is 4.39 Å². The maximum atomic E-state index is 12.8. The van der Waals surface area contributed by atoms with Crippen molar-refractivity contribution in [1.82, 2.24) is 5.17 Å². The molecular weight excluding hydrogens is 163 g/mol. The summed E-state index contributed by atoms with van der Waals surface area (Å²) in [5.74, 6) is -0.512. The van der Waals surface area contributed by atoms with Crippen molar-refractivity contribution in [3.63, 3.8) is 0 Å². The molecule has 5 heteroatoms. The molecule has 0 aliphatic rings. The molecular formula is C7H6FN2O2-. The smallest absolute Gasteiger partial charge is 0.128 e. The highest BCUT2D eigenvalue weighted by Crippen LogP contribution is 2.08. The number of halogens is 1. The molecule has 0 fully saturated rings. The summed E-state index contributed by atoms with van der Waals surface area (Å²) in [7, 11) is 0. The molecule has 0 atom stereocenters. The van der Waals surface area contributed by atoms with Crippen LogP contribution in [0.1, 0.15) is 5.56 Å². The number of benzene rings is 1. The van der Waals surface area contributed by atoms with E-state index in [1.807, 2.05) is 0 Å².